The summed E-state index contributed by atoms with van der Waals surface area (Å²) in [6.45, 7) is 1.92. The molecular weight excluding hydrogens is 356 g/mol. The second-order valence-electron chi connectivity index (χ2n) is 5.58. The predicted octanol–water partition coefficient (Wildman–Crippen LogP) is 3.75. The highest BCUT2D eigenvalue weighted by Crippen LogP contribution is 2.29. The number of rotatable bonds is 8. The molecule has 0 aliphatic rings. The van der Waals surface area contributed by atoms with Crippen LogP contribution in [0.25, 0.3) is 0 Å². The number of nitro benzene ring substituents is 1. The second-order valence-corrected chi connectivity index (χ2v) is 7.42. The summed E-state index contributed by atoms with van der Waals surface area (Å²) in [5.41, 5.74) is 1.19. The van der Waals surface area contributed by atoms with Crippen LogP contribution in [-0.2, 0) is 10.0 Å². The molecule has 2 rings (SSSR count). The third kappa shape index (κ3) is 5.19. The van der Waals surface area contributed by atoms with Gasteiger partial charge < -0.3 is 5.32 Å². The van der Waals surface area contributed by atoms with Crippen LogP contribution < -0.4 is 10.0 Å². The standard InChI is InChI=1S/C17H18N4O4S/c1-2-3-10-26(24,25)20-15-7-5-14(6-8-15)19-16-9-4-13(12-18)11-17(16)21(22)23/h4-9,11,19-20H,2-3,10H2,1H3. The number of sulfonamides is 1. The molecule has 2 N–H and O–H groups in total. The van der Waals surface area contributed by atoms with Crippen LogP contribution >= 0.6 is 0 Å². The summed E-state index contributed by atoms with van der Waals surface area (Å²) in [6, 6.07) is 12.3. The molecule has 0 aliphatic heterocycles. The van der Waals surface area contributed by atoms with Gasteiger partial charge in [0.05, 0.1) is 22.3 Å². The van der Waals surface area contributed by atoms with Crippen LogP contribution in [0.15, 0.2) is 42.5 Å². The molecule has 8 nitrogen and oxygen atoms in total. The zero-order valence-electron chi connectivity index (χ0n) is 14.1. The Morgan fingerprint density at radius 1 is 1.15 bits per heavy atom. The number of hydrogen-bond acceptors (Lipinski definition) is 6. The Bertz CT molecular complexity index is 934. The summed E-state index contributed by atoms with van der Waals surface area (Å²) in [5, 5.41) is 22.9. The third-order valence-electron chi connectivity index (χ3n) is 3.53. The maximum atomic E-state index is 11.9. The number of unbranched alkanes of at least 4 members (excludes halogenated alkanes) is 1. The first-order valence-corrected chi connectivity index (χ1v) is 9.56. The van der Waals surface area contributed by atoms with E-state index in [4.69, 9.17) is 5.26 Å². The van der Waals surface area contributed by atoms with E-state index in [2.05, 4.69) is 10.0 Å². The lowest BCUT2D eigenvalue weighted by Gasteiger charge is -2.10. The first-order chi connectivity index (χ1) is 12.3. The summed E-state index contributed by atoms with van der Waals surface area (Å²) in [6.07, 6.45) is 1.37. The van der Waals surface area contributed by atoms with Crippen LogP contribution in [0.3, 0.4) is 0 Å². The van der Waals surface area contributed by atoms with Gasteiger partial charge in [-0.15, -0.1) is 0 Å². The van der Waals surface area contributed by atoms with E-state index in [1.807, 2.05) is 13.0 Å². The zero-order chi connectivity index (χ0) is 19.2. The smallest absolute Gasteiger partial charge is 0.293 e. The molecule has 26 heavy (non-hydrogen) atoms. The molecule has 0 bridgehead atoms. The average Bonchev–Trinajstić information content (AvgIpc) is 2.61. The van der Waals surface area contributed by atoms with Gasteiger partial charge >= 0.3 is 0 Å². The molecule has 0 fully saturated rings. The van der Waals surface area contributed by atoms with E-state index in [-0.39, 0.29) is 22.7 Å². The molecule has 0 saturated carbocycles. The normalized spacial score (nSPS) is 10.8. The van der Waals surface area contributed by atoms with Crippen molar-refractivity contribution in [2.75, 3.05) is 15.8 Å². The molecule has 0 heterocycles. The van der Waals surface area contributed by atoms with Gasteiger partial charge in [0, 0.05) is 17.4 Å². The lowest BCUT2D eigenvalue weighted by Crippen LogP contribution is -2.16. The number of anilines is 3. The lowest BCUT2D eigenvalue weighted by atomic mass is 10.2. The molecule has 2 aromatic carbocycles. The van der Waals surface area contributed by atoms with Crippen molar-refractivity contribution in [3.8, 4) is 6.07 Å². The fourth-order valence-electron chi connectivity index (χ4n) is 2.20. The van der Waals surface area contributed by atoms with Crippen molar-refractivity contribution in [3.05, 3.63) is 58.1 Å². The number of nitro groups is 1. The van der Waals surface area contributed by atoms with Gasteiger partial charge in [0.25, 0.3) is 5.69 Å². The van der Waals surface area contributed by atoms with E-state index in [9.17, 15) is 18.5 Å². The van der Waals surface area contributed by atoms with Crippen molar-refractivity contribution in [1.82, 2.24) is 0 Å². The van der Waals surface area contributed by atoms with Gasteiger partial charge in [0.2, 0.25) is 10.0 Å². The molecular formula is C17H18N4O4S. The summed E-state index contributed by atoms with van der Waals surface area (Å²) in [4.78, 5) is 10.6. The van der Waals surface area contributed by atoms with Crippen LogP contribution in [0.1, 0.15) is 25.3 Å². The fourth-order valence-corrected chi connectivity index (χ4v) is 3.47. The van der Waals surface area contributed by atoms with E-state index >= 15 is 0 Å². The topological polar surface area (TPSA) is 125 Å². The molecule has 9 heteroatoms. The minimum atomic E-state index is -3.38. The van der Waals surface area contributed by atoms with E-state index < -0.39 is 14.9 Å². The molecule has 0 aliphatic carbocycles. The van der Waals surface area contributed by atoms with Crippen LogP contribution in [0, 0.1) is 21.4 Å². The second kappa shape index (κ2) is 8.31. The van der Waals surface area contributed by atoms with E-state index in [1.165, 1.54) is 18.2 Å². The Balaban J connectivity index is 2.15. The van der Waals surface area contributed by atoms with Gasteiger partial charge in [-0.3, -0.25) is 14.8 Å². The summed E-state index contributed by atoms with van der Waals surface area (Å²) >= 11 is 0. The summed E-state index contributed by atoms with van der Waals surface area (Å²) < 4.78 is 26.3. The number of nitrogens with one attached hydrogen (secondary N) is 2. The summed E-state index contributed by atoms with van der Waals surface area (Å²) in [7, 11) is -3.38. The van der Waals surface area contributed by atoms with Gasteiger partial charge in [-0.25, -0.2) is 8.42 Å². The Hall–Kier alpha value is -3.12. The minimum absolute atomic E-state index is 0.0565. The van der Waals surface area contributed by atoms with Crippen molar-refractivity contribution < 1.29 is 13.3 Å². The van der Waals surface area contributed by atoms with Gasteiger partial charge in [-0.05, 0) is 42.8 Å². The Morgan fingerprint density at radius 3 is 2.38 bits per heavy atom. The summed E-state index contributed by atoms with van der Waals surface area (Å²) in [5.74, 6) is 0.0565. The first-order valence-electron chi connectivity index (χ1n) is 7.91. The molecule has 0 saturated heterocycles. The SMILES string of the molecule is CCCCS(=O)(=O)Nc1ccc(Nc2ccc(C#N)cc2[N+](=O)[O-])cc1. The predicted molar refractivity (Wildman–Crippen MR) is 99.9 cm³/mol. The number of nitriles is 1. The monoisotopic (exact) mass is 374 g/mol. The number of hydrogen-bond donors (Lipinski definition) is 2. The number of benzene rings is 2. The fraction of sp³-hybridized carbons (Fsp3) is 0.235. The quantitative estimate of drug-likeness (QED) is 0.535. The largest absolute Gasteiger partial charge is 0.350 e. The molecule has 0 aromatic heterocycles. The maximum Gasteiger partial charge on any atom is 0.293 e. The van der Waals surface area contributed by atoms with Crippen molar-refractivity contribution in [3.63, 3.8) is 0 Å². The van der Waals surface area contributed by atoms with Crippen LogP contribution in [0.2, 0.25) is 0 Å². The highest BCUT2D eigenvalue weighted by molar-refractivity contribution is 7.92. The van der Waals surface area contributed by atoms with E-state index in [0.29, 0.717) is 17.8 Å². The number of nitrogens with zero attached hydrogens (tertiary/aromatic N) is 2. The Kier molecular flexibility index (Phi) is 6.14. The third-order valence-corrected chi connectivity index (χ3v) is 4.90. The Morgan fingerprint density at radius 2 is 1.81 bits per heavy atom. The molecule has 0 spiro atoms. The lowest BCUT2D eigenvalue weighted by molar-refractivity contribution is -0.383. The van der Waals surface area contributed by atoms with Gasteiger partial charge in [0.1, 0.15) is 5.69 Å². The average molecular weight is 374 g/mol. The molecule has 0 radical (unpaired) electrons. The van der Waals surface area contributed by atoms with Crippen molar-refractivity contribution in [1.29, 1.82) is 5.26 Å². The Labute approximate surface area is 151 Å². The molecule has 0 amide bonds. The van der Waals surface area contributed by atoms with Gasteiger partial charge in [0.15, 0.2) is 0 Å². The van der Waals surface area contributed by atoms with E-state index in [0.717, 1.165) is 6.42 Å². The highest BCUT2D eigenvalue weighted by atomic mass is 32.2. The van der Waals surface area contributed by atoms with Crippen molar-refractivity contribution in [2.24, 2.45) is 0 Å². The van der Waals surface area contributed by atoms with Crippen LogP contribution in [0.5, 0.6) is 0 Å². The van der Waals surface area contributed by atoms with Crippen LogP contribution in [0.4, 0.5) is 22.7 Å². The first kappa shape index (κ1) is 19.2. The molecule has 0 atom stereocenters. The molecule has 136 valence electrons. The minimum Gasteiger partial charge on any atom is -0.350 e. The zero-order valence-corrected chi connectivity index (χ0v) is 14.9. The van der Waals surface area contributed by atoms with Crippen molar-refractivity contribution >= 4 is 32.8 Å². The van der Waals surface area contributed by atoms with Crippen LogP contribution in [-0.4, -0.2) is 19.1 Å². The maximum absolute atomic E-state index is 11.9. The molecule has 0 unspecified atom stereocenters. The van der Waals surface area contributed by atoms with E-state index in [1.54, 1.807) is 24.3 Å². The highest BCUT2D eigenvalue weighted by Gasteiger charge is 2.15. The molecule has 2 aromatic rings. The van der Waals surface area contributed by atoms with Gasteiger partial charge in [-0.1, -0.05) is 13.3 Å². The van der Waals surface area contributed by atoms with Crippen molar-refractivity contribution in [2.45, 2.75) is 19.8 Å². The van der Waals surface area contributed by atoms with Gasteiger partial charge in [-0.2, -0.15) is 5.26 Å².